The highest BCUT2D eigenvalue weighted by atomic mass is 32.2. The molecule has 3 rings (SSSR count). The maximum Gasteiger partial charge on any atom is 0.260 e. The van der Waals surface area contributed by atoms with Crippen molar-refractivity contribution in [3.8, 4) is 5.69 Å². The molecule has 31 heavy (non-hydrogen) atoms. The minimum absolute atomic E-state index is 0.345. The second-order valence-electron chi connectivity index (χ2n) is 7.01. The first-order chi connectivity index (χ1) is 14.7. The van der Waals surface area contributed by atoms with Crippen LogP contribution in [-0.4, -0.2) is 37.9 Å². The summed E-state index contributed by atoms with van der Waals surface area (Å²) in [6.45, 7) is 3.26. The predicted molar refractivity (Wildman–Crippen MR) is 120 cm³/mol. The largest absolute Gasteiger partial charge is 0.315 e. The first kappa shape index (κ1) is 22.2. The molecule has 0 aliphatic carbocycles. The summed E-state index contributed by atoms with van der Waals surface area (Å²) in [5.74, 6) is -0.934. The Morgan fingerprint density at radius 2 is 1.77 bits per heavy atom. The van der Waals surface area contributed by atoms with Gasteiger partial charge in [0.25, 0.3) is 5.91 Å². The van der Waals surface area contributed by atoms with E-state index in [-0.39, 0.29) is 5.82 Å². The molecular weight excluding hydrogens is 419 g/mol. The van der Waals surface area contributed by atoms with E-state index in [4.69, 9.17) is 0 Å². The fraction of sp³-hybridized carbons (Fsp3) is 0.182. The topological polar surface area (TPSA) is 83.8 Å². The number of nitrogens with zero attached hydrogens (tertiary/aromatic N) is 3. The number of hydrazone groups is 1. The average Bonchev–Trinajstić information content (AvgIpc) is 3.00. The van der Waals surface area contributed by atoms with Crippen LogP contribution in [-0.2, 0) is 14.8 Å². The van der Waals surface area contributed by atoms with E-state index < -0.39 is 22.5 Å². The van der Waals surface area contributed by atoms with Crippen LogP contribution >= 0.6 is 0 Å². The number of para-hydroxylation sites is 2. The van der Waals surface area contributed by atoms with Crippen LogP contribution in [0.5, 0.6) is 0 Å². The Kier molecular flexibility index (Phi) is 6.55. The number of amides is 1. The van der Waals surface area contributed by atoms with E-state index in [9.17, 15) is 17.6 Å². The molecule has 0 fully saturated rings. The molecule has 1 N–H and O–H groups in total. The molecule has 2 aromatic carbocycles. The molecule has 1 amide bonds. The summed E-state index contributed by atoms with van der Waals surface area (Å²) >= 11 is 0. The first-order valence-corrected chi connectivity index (χ1v) is 11.3. The highest BCUT2D eigenvalue weighted by molar-refractivity contribution is 7.92. The zero-order valence-electron chi connectivity index (χ0n) is 17.4. The van der Waals surface area contributed by atoms with E-state index in [0.29, 0.717) is 16.9 Å². The van der Waals surface area contributed by atoms with Gasteiger partial charge in [-0.1, -0.05) is 30.3 Å². The van der Waals surface area contributed by atoms with Crippen molar-refractivity contribution < 1.29 is 17.6 Å². The number of aryl methyl sites for hydroxylation is 1. The Labute approximate surface area is 180 Å². The molecular formula is C22H23FN4O3S. The van der Waals surface area contributed by atoms with Gasteiger partial charge in [-0.05, 0) is 44.2 Å². The van der Waals surface area contributed by atoms with E-state index in [2.05, 4.69) is 10.5 Å². The van der Waals surface area contributed by atoms with Gasteiger partial charge in [-0.15, -0.1) is 0 Å². The molecule has 9 heteroatoms. The van der Waals surface area contributed by atoms with Crippen molar-refractivity contribution in [2.24, 2.45) is 5.10 Å². The van der Waals surface area contributed by atoms with Crippen LogP contribution in [0.4, 0.5) is 10.1 Å². The quantitative estimate of drug-likeness (QED) is 0.451. The number of halogens is 1. The second-order valence-corrected chi connectivity index (χ2v) is 8.92. The number of anilines is 1. The third-order valence-electron chi connectivity index (χ3n) is 4.69. The first-order valence-electron chi connectivity index (χ1n) is 9.47. The highest BCUT2D eigenvalue weighted by Crippen LogP contribution is 2.22. The molecule has 0 saturated carbocycles. The number of carbonyl (C=O) groups excluding carboxylic acids is 1. The van der Waals surface area contributed by atoms with E-state index in [0.717, 1.165) is 21.9 Å². The Morgan fingerprint density at radius 1 is 1.13 bits per heavy atom. The van der Waals surface area contributed by atoms with Gasteiger partial charge >= 0.3 is 0 Å². The van der Waals surface area contributed by atoms with Gasteiger partial charge in [-0.3, -0.25) is 9.10 Å². The summed E-state index contributed by atoms with van der Waals surface area (Å²) in [7, 11) is -3.65. The Bertz CT molecular complexity index is 1220. The maximum absolute atomic E-state index is 14.2. The maximum atomic E-state index is 14.2. The standard InChI is InChI=1S/C22H23FN4O3S/c1-16-13-18(17(2)27(16)21-12-8-7-11-20(21)23)14-24-25-22(28)15-26(31(3,29)30)19-9-5-4-6-10-19/h4-14H,15H2,1-3H3,(H,25,28)/b24-14-. The summed E-state index contributed by atoms with van der Waals surface area (Å²) in [4.78, 5) is 12.3. The normalized spacial score (nSPS) is 11.6. The van der Waals surface area contributed by atoms with Gasteiger partial charge in [0, 0.05) is 17.0 Å². The van der Waals surface area contributed by atoms with Crippen molar-refractivity contribution in [3.63, 3.8) is 0 Å². The van der Waals surface area contributed by atoms with Crippen LogP contribution in [0.1, 0.15) is 17.0 Å². The fourth-order valence-corrected chi connectivity index (χ4v) is 4.11. The lowest BCUT2D eigenvalue weighted by atomic mass is 10.2. The smallest absolute Gasteiger partial charge is 0.260 e. The molecule has 0 spiro atoms. The van der Waals surface area contributed by atoms with Crippen molar-refractivity contribution in [1.82, 2.24) is 9.99 Å². The monoisotopic (exact) mass is 442 g/mol. The van der Waals surface area contributed by atoms with Gasteiger partial charge in [0.2, 0.25) is 10.0 Å². The number of aromatic nitrogens is 1. The number of hydrogen-bond acceptors (Lipinski definition) is 4. The Morgan fingerprint density at radius 3 is 2.42 bits per heavy atom. The summed E-state index contributed by atoms with van der Waals surface area (Å²) in [5, 5.41) is 3.95. The molecule has 0 bridgehead atoms. The lowest BCUT2D eigenvalue weighted by Crippen LogP contribution is -2.38. The molecule has 0 atom stereocenters. The van der Waals surface area contributed by atoms with Crippen LogP contribution in [0.15, 0.2) is 65.8 Å². The summed E-state index contributed by atoms with van der Waals surface area (Å²) in [6, 6.07) is 16.6. The molecule has 0 aliphatic heterocycles. The van der Waals surface area contributed by atoms with E-state index in [1.54, 1.807) is 53.1 Å². The van der Waals surface area contributed by atoms with Crippen LogP contribution in [0.3, 0.4) is 0 Å². The minimum atomic E-state index is -3.65. The SMILES string of the molecule is Cc1cc(/C=N\NC(=O)CN(c2ccccc2)S(C)(=O)=O)c(C)n1-c1ccccc1F. The van der Waals surface area contributed by atoms with Gasteiger partial charge in [0.1, 0.15) is 12.4 Å². The molecule has 0 saturated heterocycles. The number of sulfonamides is 1. The van der Waals surface area contributed by atoms with E-state index in [1.807, 2.05) is 19.9 Å². The van der Waals surface area contributed by atoms with Crippen LogP contribution in [0.25, 0.3) is 5.69 Å². The summed E-state index contributed by atoms with van der Waals surface area (Å²) in [6.07, 6.45) is 2.49. The van der Waals surface area contributed by atoms with Gasteiger partial charge < -0.3 is 4.57 Å². The van der Waals surface area contributed by atoms with Crippen LogP contribution in [0, 0.1) is 19.7 Å². The fourth-order valence-electron chi connectivity index (χ4n) is 3.26. The predicted octanol–water partition coefficient (Wildman–Crippen LogP) is 3.15. The second kappa shape index (κ2) is 9.13. The lowest BCUT2D eigenvalue weighted by molar-refractivity contribution is -0.119. The summed E-state index contributed by atoms with van der Waals surface area (Å²) in [5.41, 5.74) is 5.42. The van der Waals surface area contributed by atoms with Crippen molar-refractivity contribution >= 4 is 27.8 Å². The number of nitrogens with one attached hydrogen (secondary N) is 1. The van der Waals surface area contributed by atoms with Crippen molar-refractivity contribution in [2.45, 2.75) is 13.8 Å². The minimum Gasteiger partial charge on any atom is -0.315 e. The Balaban J connectivity index is 1.74. The lowest BCUT2D eigenvalue weighted by Gasteiger charge is -2.21. The molecule has 0 aliphatic rings. The number of rotatable bonds is 7. The molecule has 0 unspecified atom stereocenters. The van der Waals surface area contributed by atoms with Crippen molar-refractivity contribution in [3.05, 3.63) is 83.4 Å². The third kappa shape index (κ3) is 5.18. The van der Waals surface area contributed by atoms with E-state index in [1.165, 1.54) is 12.3 Å². The zero-order chi connectivity index (χ0) is 22.6. The average molecular weight is 443 g/mol. The molecule has 0 radical (unpaired) electrons. The molecule has 1 heterocycles. The summed E-state index contributed by atoms with van der Waals surface area (Å²) < 4.78 is 41.1. The van der Waals surface area contributed by atoms with Crippen molar-refractivity contribution in [1.29, 1.82) is 0 Å². The number of hydrogen-bond donors (Lipinski definition) is 1. The van der Waals surface area contributed by atoms with Gasteiger partial charge in [-0.25, -0.2) is 18.2 Å². The van der Waals surface area contributed by atoms with Crippen LogP contribution in [0.2, 0.25) is 0 Å². The molecule has 1 aromatic heterocycles. The van der Waals surface area contributed by atoms with Gasteiger partial charge in [0.05, 0.1) is 23.8 Å². The number of carbonyl (C=O) groups is 1. The molecule has 3 aromatic rings. The van der Waals surface area contributed by atoms with Gasteiger partial charge in [-0.2, -0.15) is 5.10 Å². The molecule has 7 nitrogen and oxygen atoms in total. The third-order valence-corrected chi connectivity index (χ3v) is 5.83. The number of benzene rings is 2. The molecule has 162 valence electrons. The van der Waals surface area contributed by atoms with Crippen molar-refractivity contribution in [2.75, 3.05) is 17.1 Å². The van der Waals surface area contributed by atoms with E-state index >= 15 is 0 Å². The van der Waals surface area contributed by atoms with Gasteiger partial charge in [0.15, 0.2) is 0 Å². The highest BCUT2D eigenvalue weighted by Gasteiger charge is 2.20. The zero-order valence-corrected chi connectivity index (χ0v) is 18.2. The van der Waals surface area contributed by atoms with Crippen LogP contribution < -0.4 is 9.73 Å². The Hall–Kier alpha value is -3.46.